The van der Waals surface area contributed by atoms with Crippen LogP contribution < -0.4 is 0 Å². The second kappa shape index (κ2) is 41.7. The minimum atomic E-state index is 0.874. The van der Waals surface area contributed by atoms with Crippen molar-refractivity contribution in [1.82, 2.24) is 0 Å². The predicted molar refractivity (Wildman–Crippen MR) is 280 cm³/mol. The highest BCUT2D eigenvalue weighted by atomic mass is 14.2. The van der Waals surface area contributed by atoms with Crippen LogP contribution >= 0.6 is 0 Å². The Balaban J connectivity index is 0. The van der Waals surface area contributed by atoms with E-state index in [2.05, 4.69) is 118 Å². The fraction of sp³-hybridized carbons (Fsp3) is 1.00. The summed E-state index contributed by atoms with van der Waals surface area (Å²) in [5.74, 6) is 11.9. The first kappa shape index (κ1) is 62.1. The molecule has 0 aliphatic rings. The molecule has 0 aliphatic heterocycles. The van der Waals surface area contributed by atoms with E-state index in [-0.39, 0.29) is 0 Å². The van der Waals surface area contributed by atoms with E-state index in [0.717, 1.165) is 76.9 Å². The summed E-state index contributed by atoms with van der Waals surface area (Å²) in [6.45, 7) is 41.2. The molecule has 0 saturated carbocycles. The third-order valence-electron chi connectivity index (χ3n) is 15.2. The van der Waals surface area contributed by atoms with Crippen molar-refractivity contribution in [3.8, 4) is 0 Å². The van der Waals surface area contributed by atoms with Gasteiger partial charge in [-0.15, -0.1) is 0 Å². The van der Waals surface area contributed by atoms with Crippen LogP contribution in [0.2, 0.25) is 0 Å². The lowest BCUT2D eigenvalue weighted by Gasteiger charge is -2.22. The van der Waals surface area contributed by atoms with Gasteiger partial charge in [0.2, 0.25) is 0 Å². The Morgan fingerprint density at radius 3 is 0.550 bits per heavy atom. The molecule has 60 heavy (non-hydrogen) atoms. The lowest BCUT2D eigenvalue weighted by atomic mass is 9.83. The van der Waals surface area contributed by atoms with Gasteiger partial charge in [0.15, 0.2) is 0 Å². The highest BCUT2D eigenvalue weighted by molar-refractivity contribution is 4.68. The second-order valence-electron chi connectivity index (χ2n) is 24.6. The first-order valence-corrected chi connectivity index (χ1v) is 28.3. The zero-order chi connectivity index (χ0) is 45.7. The van der Waals surface area contributed by atoms with Gasteiger partial charge in [-0.25, -0.2) is 0 Å². The van der Waals surface area contributed by atoms with Crippen molar-refractivity contribution in [2.45, 2.75) is 310 Å². The molecule has 0 spiro atoms. The van der Waals surface area contributed by atoms with Crippen molar-refractivity contribution in [2.24, 2.45) is 76.9 Å². The summed E-state index contributed by atoms with van der Waals surface area (Å²) in [5.41, 5.74) is 0. The van der Waals surface area contributed by atoms with Crippen molar-refractivity contribution < 1.29 is 0 Å². The average molecular weight is 846 g/mol. The summed E-state index contributed by atoms with van der Waals surface area (Å²) >= 11 is 0. The van der Waals surface area contributed by atoms with E-state index >= 15 is 0 Å². The Morgan fingerprint density at radius 2 is 0.317 bits per heavy atom. The highest BCUT2D eigenvalue weighted by Crippen LogP contribution is 2.29. The van der Waals surface area contributed by atoms with Crippen LogP contribution in [0, 0.1) is 76.9 Å². The van der Waals surface area contributed by atoms with E-state index in [4.69, 9.17) is 0 Å². The van der Waals surface area contributed by atoms with Gasteiger partial charge in [-0.3, -0.25) is 0 Å². The average Bonchev–Trinajstić information content (AvgIpc) is 3.15. The van der Waals surface area contributed by atoms with Crippen LogP contribution in [0.5, 0.6) is 0 Å². The molecule has 0 aliphatic carbocycles. The van der Waals surface area contributed by atoms with E-state index in [0.29, 0.717) is 0 Å². The van der Waals surface area contributed by atoms with Crippen LogP contribution in [-0.4, -0.2) is 0 Å². The standard InChI is InChI=1S/2C30H62/c1-24(2)14-10-16-26(5)18-12-19-28(7)22-23-30(9)29(8)21-13-20-27(6)17-11-15-25(3)4;1-25(2)15-11-19-29(7)23-13-21-27(5)17-9-10-18-28(6)22-14-24-30(8)20-12-16-26(3)4/h24-30H,10-23H2,1-9H3;25-30H,9-24H2,1-8H3. The van der Waals surface area contributed by atoms with E-state index in [1.807, 2.05) is 0 Å². The van der Waals surface area contributed by atoms with E-state index in [9.17, 15) is 0 Å². The minimum absolute atomic E-state index is 0.874. The topological polar surface area (TPSA) is 0 Å². The van der Waals surface area contributed by atoms with E-state index in [1.54, 1.807) is 0 Å². The van der Waals surface area contributed by atoms with Gasteiger partial charge in [-0.1, -0.05) is 310 Å². The molecular weight excluding hydrogens is 721 g/mol. The maximum Gasteiger partial charge on any atom is -0.0417 e. The Hall–Kier alpha value is 0. The van der Waals surface area contributed by atoms with Gasteiger partial charge >= 0.3 is 0 Å². The van der Waals surface area contributed by atoms with Gasteiger partial charge in [-0.2, -0.15) is 0 Å². The summed E-state index contributed by atoms with van der Waals surface area (Å²) in [5, 5.41) is 0. The van der Waals surface area contributed by atoms with Gasteiger partial charge in [0.25, 0.3) is 0 Å². The van der Waals surface area contributed by atoms with Crippen LogP contribution in [0.1, 0.15) is 310 Å². The molecule has 0 aromatic heterocycles. The normalized spacial score (nSPS) is 16.8. The molecule has 0 fully saturated rings. The van der Waals surface area contributed by atoms with Crippen molar-refractivity contribution >= 4 is 0 Å². The summed E-state index contributed by atoms with van der Waals surface area (Å²) in [4.78, 5) is 0. The third-order valence-corrected chi connectivity index (χ3v) is 15.2. The second-order valence-corrected chi connectivity index (χ2v) is 24.6. The molecule has 0 aromatic carbocycles. The summed E-state index contributed by atoms with van der Waals surface area (Å²) in [6.07, 6.45) is 43.3. The van der Waals surface area contributed by atoms with Gasteiger partial charge in [-0.05, 0) is 76.9 Å². The molecule has 0 N–H and O–H groups in total. The molecule has 0 heteroatoms. The summed E-state index contributed by atoms with van der Waals surface area (Å²) in [7, 11) is 0. The molecule has 0 rings (SSSR count). The summed E-state index contributed by atoms with van der Waals surface area (Å²) < 4.78 is 0. The van der Waals surface area contributed by atoms with Gasteiger partial charge in [0.05, 0.1) is 0 Å². The zero-order valence-electron chi connectivity index (χ0n) is 45.7. The maximum absolute atomic E-state index is 2.51. The first-order chi connectivity index (χ1) is 28.3. The Bertz CT molecular complexity index is 801. The molecule has 0 nitrogen and oxygen atoms in total. The number of hydrogen-bond donors (Lipinski definition) is 0. The molecule has 0 bridgehead atoms. The fourth-order valence-electron chi connectivity index (χ4n) is 9.84. The quantitative estimate of drug-likeness (QED) is 0.0538. The molecule has 364 valence electrons. The van der Waals surface area contributed by atoms with Crippen molar-refractivity contribution in [1.29, 1.82) is 0 Å². The maximum atomic E-state index is 2.51. The largest absolute Gasteiger partial charge is 0.0628 e. The molecule has 0 radical (unpaired) electrons. The number of rotatable bonds is 41. The molecule has 0 saturated heterocycles. The molecule has 0 amide bonds. The molecule has 0 aromatic rings. The molecular formula is C60H124. The highest BCUT2D eigenvalue weighted by Gasteiger charge is 2.15. The van der Waals surface area contributed by atoms with Gasteiger partial charge < -0.3 is 0 Å². The van der Waals surface area contributed by atoms with Crippen molar-refractivity contribution in [3.63, 3.8) is 0 Å². The molecule has 9 unspecified atom stereocenters. The van der Waals surface area contributed by atoms with Crippen molar-refractivity contribution in [2.75, 3.05) is 0 Å². The third kappa shape index (κ3) is 46.0. The Kier molecular flexibility index (Phi) is 43.1. The van der Waals surface area contributed by atoms with E-state index < -0.39 is 0 Å². The van der Waals surface area contributed by atoms with Crippen molar-refractivity contribution in [3.05, 3.63) is 0 Å². The predicted octanol–water partition coefficient (Wildman–Crippen LogP) is 22.0. The van der Waals surface area contributed by atoms with E-state index in [1.165, 1.54) is 193 Å². The van der Waals surface area contributed by atoms with Gasteiger partial charge in [0, 0.05) is 0 Å². The van der Waals surface area contributed by atoms with Crippen LogP contribution in [-0.2, 0) is 0 Å². The van der Waals surface area contributed by atoms with Crippen LogP contribution in [0.15, 0.2) is 0 Å². The SMILES string of the molecule is CC(C)CCCC(C)CCCC(C)CCC(C)C(C)CCCC(C)CCCC(C)C.CC(C)CCCC(C)CCCC(C)CCCCC(C)CCCC(C)CCCC(C)C. The molecule has 0 heterocycles. The smallest absolute Gasteiger partial charge is 0.0417 e. The Labute approximate surface area is 385 Å². The monoisotopic (exact) mass is 845 g/mol. The van der Waals surface area contributed by atoms with Crippen LogP contribution in [0.4, 0.5) is 0 Å². The first-order valence-electron chi connectivity index (χ1n) is 28.3. The minimum Gasteiger partial charge on any atom is -0.0628 e. The Morgan fingerprint density at radius 1 is 0.150 bits per heavy atom. The molecule has 9 atom stereocenters. The summed E-state index contributed by atoms with van der Waals surface area (Å²) in [6, 6.07) is 0. The van der Waals surface area contributed by atoms with Crippen LogP contribution in [0.3, 0.4) is 0 Å². The number of unbranched alkanes of at least 4 members (excludes halogenated alkanes) is 1. The lowest BCUT2D eigenvalue weighted by Crippen LogP contribution is -2.10. The van der Waals surface area contributed by atoms with Gasteiger partial charge in [0.1, 0.15) is 0 Å². The fourth-order valence-corrected chi connectivity index (χ4v) is 9.84. The lowest BCUT2D eigenvalue weighted by molar-refractivity contribution is 0.293. The zero-order valence-corrected chi connectivity index (χ0v) is 45.7. The number of hydrogen-bond acceptors (Lipinski definition) is 0. The van der Waals surface area contributed by atoms with Crippen LogP contribution in [0.25, 0.3) is 0 Å².